The molecule has 0 aliphatic carbocycles. The lowest BCUT2D eigenvalue weighted by Gasteiger charge is -2.22. The molecule has 2 aromatic carbocycles. The molecule has 7 nitrogen and oxygen atoms in total. The molecule has 9 heteroatoms. The standard InChI is InChI=1S/C18H21FN2O5S/c1-11-6-7-12(19)8-14(11)20-18(22)13-9-16(25-3)17(26-4)10-15(13)21(2)27(5,23)24/h6-10H,1-5H3,(H,20,22). The lowest BCUT2D eigenvalue weighted by molar-refractivity contribution is 0.102. The van der Waals surface area contributed by atoms with Gasteiger partial charge < -0.3 is 14.8 Å². The van der Waals surface area contributed by atoms with E-state index in [0.29, 0.717) is 5.56 Å². The predicted molar refractivity (Wildman–Crippen MR) is 102 cm³/mol. The van der Waals surface area contributed by atoms with Crippen molar-refractivity contribution in [2.45, 2.75) is 6.92 Å². The number of benzene rings is 2. The van der Waals surface area contributed by atoms with Crippen LogP contribution in [0.15, 0.2) is 30.3 Å². The van der Waals surface area contributed by atoms with Gasteiger partial charge in [-0.05, 0) is 30.7 Å². The Balaban J connectivity index is 2.58. The Hall–Kier alpha value is -2.81. The van der Waals surface area contributed by atoms with Crippen LogP contribution in [0.3, 0.4) is 0 Å². The SMILES string of the molecule is COc1cc(C(=O)Nc2cc(F)ccc2C)c(N(C)S(C)(=O)=O)cc1OC. The van der Waals surface area contributed by atoms with Gasteiger partial charge in [0.15, 0.2) is 11.5 Å². The average molecular weight is 396 g/mol. The van der Waals surface area contributed by atoms with E-state index in [9.17, 15) is 17.6 Å². The molecule has 0 heterocycles. The van der Waals surface area contributed by atoms with Crippen LogP contribution in [0.1, 0.15) is 15.9 Å². The van der Waals surface area contributed by atoms with Crippen molar-refractivity contribution in [2.75, 3.05) is 37.1 Å². The lowest BCUT2D eigenvalue weighted by atomic mass is 10.1. The number of ether oxygens (including phenoxy) is 2. The number of nitrogens with one attached hydrogen (secondary N) is 1. The van der Waals surface area contributed by atoms with Gasteiger partial charge in [0.1, 0.15) is 5.82 Å². The molecule has 1 N–H and O–H groups in total. The molecule has 0 atom stereocenters. The van der Waals surface area contributed by atoms with Crippen LogP contribution in [0.2, 0.25) is 0 Å². The van der Waals surface area contributed by atoms with Gasteiger partial charge >= 0.3 is 0 Å². The van der Waals surface area contributed by atoms with E-state index in [4.69, 9.17) is 9.47 Å². The minimum absolute atomic E-state index is 0.0317. The molecule has 27 heavy (non-hydrogen) atoms. The van der Waals surface area contributed by atoms with Gasteiger partial charge in [-0.2, -0.15) is 0 Å². The van der Waals surface area contributed by atoms with E-state index in [0.717, 1.165) is 10.6 Å². The number of rotatable bonds is 6. The van der Waals surface area contributed by atoms with Crippen LogP contribution in [0.4, 0.5) is 15.8 Å². The van der Waals surface area contributed by atoms with E-state index < -0.39 is 21.7 Å². The highest BCUT2D eigenvalue weighted by molar-refractivity contribution is 7.92. The van der Waals surface area contributed by atoms with Gasteiger partial charge in [0.2, 0.25) is 10.0 Å². The topological polar surface area (TPSA) is 84.9 Å². The second-order valence-corrected chi connectivity index (χ2v) is 7.88. The number of methoxy groups -OCH3 is 2. The predicted octanol–water partition coefficient (Wildman–Crippen LogP) is 2.80. The third-order valence-electron chi connectivity index (χ3n) is 4.03. The van der Waals surface area contributed by atoms with Crippen LogP contribution >= 0.6 is 0 Å². The zero-order chi connectivity index (χ0) is 20.4. The number of anilines is 2. The van der Waals surface area contributed by atoms with Crippen LogP contribution in [-0.4, -0.2) is 41.8 Å². The molecule has 0 spiro atoms. The number of hydrogen-bond acceptors (Lipinski definition) is 5. The highest BCUT2D eigenvalue weighted by atomic mass is 32.2. The van der Waals surface area contributed by atoms with Crippen molar-refractivity contribution in [2.24, 2.45) is 0 Å². The van der Waals surface area contributed by atoms with Crippen LogP contribution in [0.25, 0.3) is 0 Å². The van der Waals surface area contributed by atoms with Gasteiger partial charge in [-0.15, -0.1) is 0 Å². The van der Waals surface area contributed by atoms with Crippen LogP contribution in [0, 0.1) is 12.7 Å². The maximum Gasteiger partial charge on any atom is 0.257 e. The van der Waals surface area contributed by atoms with E-state index in [1.807, 2.05) is 0 Å². The minimum Gasteiger partial charge on any atom is -0.493 e. The molecule has 0 aromatic heterocycles. The Morgan fingerprint density at radius 3 is 2.26 bits per heavy atom. The summed E-state index contributed by atoms with van der Waals surface area (Å²) in [5.41, 5.74) is 1.07. The smallest absolute Gasteiger partial charge is 0.257 e. The van der Waals surface area contributed by atoms with E-state index >= 15 is 0 Å². The third-order valence-corrected chi connectivity index (χ3v) is 5.22. The summed E-state index contributed by atoms with van der Waals surface area (Å²) in [5.74, 6) is -0.599. The highest BCUT2D eigenvalue weighted by Gasteiger charge is 2.24. The summed E-state index contributed by atoms with van der Waals surface area (Å²) in [4.78, 5) is 12.8. The molecule has 0 aliphatic heterocycles. The molecule has 2 aromatic rings. The summed E-state index contributed by atoms with van der Waals surface area (Å²) < 4.78 is 48.9. The van der Waals surface area contributed by atoms with Gasteiger partial charge in [0.05, 0.1) is 31.7 Å². The Bertz CT molecular complexity index is 976. The van der Waals surface area contributed by atoms with Gasteiger partial charge in [0, 0.05) is 18.8 Å². The number of carbonyl (C=O) groups excluding carboxylic acids is 1. The molecule has 0 fully saturated rings. The number of sulfonamides is 1. The summed E-state index contributed by atoms with van der Waals surface area (Å²) in [5, 5.41) is 2.61. The van der Waals surface area contributed by atoms with E-state index in [-0.39, 0.29) is 28.4 Å². The molecule has 0 saturated carbocycles. The summed E-state index contributed by atoms with van der Waals surface area (Å²) in [7, 11) is 0.473. The monoisotopic (exact) mass is 396 g/mol. The van der Waals surface area contributed by atoms with Gasteiger partial charge in [-0.25, -0.2) is 12.8 Å². The molecule has 0 unspecified atom stereocenters. The van der Waals surface area contributed by atoms with Gasteiger partial charge in [-0.3, -0.25) is 9.10 Å². The van der Waals surface area contributed by atoms with Crippen molar-refractivity contribution in [1.82, 2.24) is 0 Å². The maximum absolute atomic E-state index is 13.5. The van der Waals surface area contributed by atoms with Crippen LogP contribution < -0.4 is 19.1 Å². The third kappa shape index (κ3) is 4.48. The van der Waals surface area contributed by atoms with E-state index in [1.165, 1.54) is 51.6 Å². The summed E-state index contributed by atoms with van der Waals surface area (Å²) >= 11 is 0. The number of hydrogen-bond donors (Lipinski definition) is 1. The fourth-order valence-corrected chi connectivity index (χ4v) is 2.92. The zero-order valence-corrected chi connectivity index (χ0v) is 16.5. The normalized spacial score (nSPS) is 11.0. The maximum atomic E-state index is 13.5. The lowest BCUT2D eigenvalue weighted by Crippen LogP contribution is -2.28. The average Bonchev–Trinajstić information content (AvgIpc) is 2.62. The second-order valence-electron chi connectivity index (χ2n) is 5.87. The van der Waals surface area contributed by atoms with Crippen molar-refractivity contribution < 1.29 is 27.1 Å². The quantitative estimate of drug-likeness (QED) is 0.812. The number of nitrogens with zero attached hydrogens (tertiary/aromatic N) is 1. The first-order valence-corrected chi connectivity index (χ1v) is 9.70. The van der Waals surface area contributed by atoms with Crippen molar-refractivity contribution >= 4 is 27.3 Å². The summed E-state index contributed by atoms with van der Waals surface area (Å²) in [6.07, 6.45) is 1.02. The molecule has 0 radical (unpaired) electrons. The molecular weight excluding hydrogens is 375 g/mol. The van der Waals surface area contributed by atoms with E-state index in [2.05, 4.69) is 5.32 Å². The minimum atomic E-state index is -3.65. The second kappa shape index (κ2) is 7.83. The van der Waals surface area contributed by atoms with Crippen molar-refractivity contribution in [3.8, 4) is 11.5 Å². The number of halogens is 1. The Morgan fingerprint density at radius 2 is 1.70 bits per heavy atom. The largest absolute Gasteiger partial charge is 0.493 e. The Labute approximate surface area is 157 Å². The van der Waals surface area contributed by atoms with Gasteiger partial charge in [0.25, 0.3) is 5.91 Å². The molecule has 146 valence electrons. The Kier molecular flexibility index (Phi) is 5.94. The van der Waals surface area contributed by atoms with E-state index in [1.54, 1.807) is 6.92 Å². The number of carbonyl (C=O) groups is 1. The number of amides is 1. The first kappa shape index (κ1) is 20.5. The molecule has 1 amide bonds. The fraction of sp³-hybridized carbons (Fsp3) is 0.278. The molecular formula is C18H21FN2O5S. The summed E-state index contributed by atoms with van der Waals surface area (Å²) in [6, 6.07) is 6.77. The van der Waals surface area contributed by atoms with Crippen molar-refractivity contribution in [1.29, 1.82) is 0 Å². The van der Waals surface area contributed by atoms with Crippen molar-refractivity contribution in [3.05, 3.63) is 47.3 Å². The first-order chi connectivity index (χ1) is 12.6. The summed E-state index contributed by atoms with van der Waals surface area (Å²) in [6.45, 7) is 1.72. The first-order valence-electron chi connectivity index (χ1n) is 7.86. The molecule has 0 aliphatic rings. The zero-order valence-electron chi connectivity index (χ0n) is 15.7. The fourth-order valence-electron chi connectivity index (χ4n) is 2.41. The molecule has 2 rings (SSSR count). The molecule has 0 bridgehead atoms. The van der Waals surface area contributed by atoms with Crippen LogP contribution in [0.5, 0.6) is 11.5 Å². The Morgan fingerprint density at radius 1 is 1.11 bits per heavy atom. The van der Waals surface area contributed by atoms with Crippen LogP contribution in [-0.2, 0) is 10.0 Å². The number of aryl methyl sites for hydroxylation is 1. The molecule has 0 saturated heterocycles. The highest BCUT2D eigenvalue weighted by Crippen LogP contribution is 2.36. The van der Waals surface area contributed by atoms with Crippen molar-refractivity contribution in [3.63, 3.8) is 0 Å². The van der Waals surface area contributed by atoms with Gasteiger partial charge in [-0.1, -0.05) is 6.07 Å².